The third-order valence-electron chi connectivity index (χ3n) is 2.35. The second-order valence-electron chi connectivity index (χ2n) is 3.51. The second-order valence-corrected chi connectivity index (χ2v) is 4.79. The van der Waals surface area contributed by atoms with E-state index in [0.29, 0.717) is 5.25 Å². The summed E-state index contributed by atoms with van der Waals surface area (Å²) in [5.74, 6) is 0.940. The van der Waals surface area contributed by atoms with Crippen LogP contribution in [-0.4, -0.2) is 28.0 Å². The van der Waals surface area contributed by atoms with E-state index in [1.54, 1.807) is 6.33 Å². The van der Waals surface area contributed by atoms with E-state index in [2.05, 4.69) is 35.4 Å². The molecule has 0 spiro atoms. The number of aryl methyl sites for hydroxylation is 1. The molecule has 0 aliphatic carbocycles. The molecule has 0 aliphatic rings. The Morgan fingerprint density at radius 3 is 2.93 bits per heavy atom. The van der Waals surface area contributed by atoms with Gasteiger partial charge in [0, 0.05) is 23.6 Å². The van der Waals surface area contributed by atoms with Gasteiger partial charge in [0.2, 0.25) is 0 Å². The van der Waals surface area contributed by atoms with Gasteiger partial charge in [-0.05, 0) is 19.1 Å². The molecule has 0 aromatic carbocycles. The summed E-state index contributed by atoms with van der Waals surface area (Å²) in [5.41, 5.74) is 1.09. The molecule has 3 nitrogen and oxygen atoms in total. The lowest BCUT2D eigenvalue weighted by Gasteiger charge is -2.09. The third kappa shape index (κ3) is 4.51. The maximum absolute atomic E-state index is 4.18. The van der Waals surface area contributed by atoms with Crippen LogP contribution in [0.3, 0.4) is 0 Å². The number of nitrogens with zero attached hydrogens (tertiary/aromatic N) is 2. The molecular formula is C11H19N3S. The Balaban J connectivity index is 2.37. The molecule has 0 saturated carbocycles. The van der Waals surface area contributed by atoms with E-state index in [0.717, 1.165) is 30.9 Å². The Labute approximate surface area is 96.1 Å². The van der Waals surface area contributed by atoms with Crippen molar-refractivity contribution in [1.82, 2.24) is 9.97 Å². The summed E-state index contributed by atoms with van der Waals surface area (Å²) in [6.07, 6.45) is 5.88. The lowest BCUT2D eigenvalue weighted by atomic mass is 10.3. The van der Waals surface area contributed by atoms with Crippen molar-refractivity contribution >= 4 is 17.6 Å². The number of thioether (sulfide) groups is 1. The Bertz CT molecular complexity index is 291. The molecule has 15 heavy (non-hydrogen) atoms. The highest BCUT2D eigenvalue weighted by molar-refractivity contribution is 7.99. The van der Waals surface area contributed by atoms with Crippen LogP contribution in [0, 0.1) is 0 Å². The fourth-order valence-corrected chi connectivity index (χ4v) is 1.56. The maximum Gasteiger partial charge on any atom is 0.129 e. The molecule has 0 amide bonds. The Kier molecular flexibility index (Phi) is 5.47. The first-order valence-electron chi connectivity index (χ1n) is 5.33. The minimum absolute atomic E-state index is 0.699. The van der Waals surface area contributed by atoms with Crippen molar-refractivity contribution in [2.75, 3.05) is 18.1 Å². The van der Waals surface area contributed by atoms with E-state index in [4.69, 9.17) is 0 Å². The molecule has 1 heterocycles. The number of anilines is 1. The van der Waals surface area contributed by atoms with Gasteiger partial charge in [0.25, 0.3) is 0 Å². The van der Waals surface area contributed by atoms with Gasteiger partial charge in [-0.15, -0.1) is 0 Å². The lowest BCUT2D eigenvalue weighted by Crippen LogP contribution is -2.09. The minimum Gasteiger partial charge on any atom is -0.370 e. The summed E-state index contributed by atoms with van der Waals surface area (Å²) in [6, 6.07) is 2.02. The first-order valence-corrected chi connectivity index (χ1v) is 6.62. The normalized spacial score (nSPS) is 12.5. The number of hydrogen-bond donors (Lipinski definition) is 1. The average molecular weight is 225 g/mol. The lowest BCUT2D eigenvalue weighted by molar-refractivity contribution is 0.847. The van der Waals surface area contributed by atoms with Crippen molar-refractivity contribution in [2.24, 2.45) is 0 Å². The largest absolute Gasteiger partial charge is 0.370 e. The molecule has 1 aromatic rings. The quantitative estimate of drug-likeness (QED) is 0.807. The van der Waals surface area contributed by atoms with Gasteiger partial charge in [-0.1, -0.05) is 13.8 Å². The van der Waals surface area contributed by atoms with E-state index >= 15 is 0 Å². The van der Waals surface area contributed by atoms with Gasteiger partial charge in [0.1, 0.15) is 12.1 Å². The summed E-state index contributed by atoms with van der Waals surface area (Å²) in [6.45, 7) is 5.31. The molecule has 84 valence electrons. The summed E-state index contributed by atoms with van der Waals surface area (Å²) in [4.78, 5) is 8.34. The zero-order valence-electron chi connectivity index (χ0n) is 9.66. The Morgan fingerprint density at radius 2 is 2.27 bits per heavy atom. The third-order valence-corrected chi connectivity index (χ3v) is 3.39. The van der Waals surface area contributed by atoms with Crippen LogP contribution in [0.25, 0.3) is 0 Å². The SMILES string of the molecule is CCc1cc(NCCC(C)SC)ncn1. The van der Waals surface area contributed by atoms with E-state index < -0.39 is 0 Å². The van der Waals surface area contributed by atoms with E-state index in [-0.39, 0.29) is 0 Å². The monoisotopic (exact) mass is 225 g/mol. The van der Waals surface area contributed by atoms with Crippen LogP contribution in [0.2, 0.25) is 0 Å². The molecule has 1 rings (SSSR count). The summed E-state index contributed by atoms with van der Waals surface area (Å²) in [7, 11) is 0. The van der Waals surface area contributed by atoms with Gasteiger partial charge in [0.05, 0.1) is 0 Å². The van der Waals surface area contributed by atoms with E-state index in [1.807, 2.05) is 17.8 Å². The molecule has 0 radical (unpaired) electrons. The zero-order valence-corrected chi connectivity index (χ0v) is 10.5. The van der Waals surface area contributed by atoms with Gasteiger partial charge in [0.15, 0.2) is 0 Å². The minimum atomic E-state index is 0.699. The van der Waals surface area contributed by atoms with Gasteiger partial charge in [-0.3, -0.25) is 0 Å². The fourth-order valence-electron chi connectivity index (χ4n) is 1.21. The summed E-state index contributed by atoms with van der Waals surface area (Å²) in [5, 5.41) is 4.02. The van der Waals surface area contributed by atoms with Crippen LogP contribution in [-0.2, 0) is 6.42 Å². The Hall–Kier alpha value is -0.770. The van der Waals surface area contributed by atoms with Crippen molar-refractivity contribution in [3.05, 3.63) is 18.1 Å². The van der Waals surface area contributed by atoms with Crippen LogP contribution in [0.1, 0.15) is 26.0 Å². The molecule has 0 aliphatic heterocycles. The molecule has 1 unspecified atom stereocenters. The second kappa shape index (κ2) is 6.67. The molecule has 1 atom stereocenters. The van der Waals surface area contributed by atoms with Gasteiger partial charge >= 0.3 is 0 Å². The van der Waals surface area contributed by atoms with E-state index in [9.17, 15) is 0 Å². The van der Waals surface area contributed by atoms with Crippen LogP contribution in [0.15, 0.2) is 12.4 Å². The first kappa shape index (κ1) is 12.3. The highest BCUT2D eigenvalue weighted by Crippen LogP contribution is 2.10. The molecule has 1 N–H and O–H groups in total. The molecule has 0 bridgehead atoms. The topological polar surface area (TPSA) is 37.8 Å². The highest BCUT2D eigenvalue weighted by atomic mass is 32.2. The predicted molar refractivity (Wildman–Crippen MR) is 67.5 cm³/mol. The van der Waals surface area contributed by atoms with Crippen LogP contribution >= 0.6 is 11.8 Å². The molecule has 0 saturated heterocycles. The highest BCUT2D eigenvalue weighted by Gasteiger charge is 2.00. The predicted octanol–water partition coefficient (Wildman–Crippen LogP) is 2.59. The van der Waals surface area contributed by atoms with Crippen LogP contribution in [0.5, 0.6) is 0 Å². The molecular weight excluding hydrogens is 206 g/mol. The number of hydrogen-bond acceptors (Lipinski definition) is 4. The first-order chi connectivity index (χ1) is 7.26. The van der Waals surface area contributed by atoms with Crippen LogP contribution in [0.4, 0.5) is 5.82 Å². The summed E-state index contributed by atoms with van der Waals surface area (Å²) >= 11 is 1.89. The standard InChI is InChI=1S/C11H19N3S/c1-4-10-7-11(14-8-13-10)12-6-5-9(2)15-3/h7-9H,4-6H2,1-3H3,(H,12,13,14). The van der Waals surface area contributed by atoms with Gasteiger partial charge < -0.3 is 5.32 Å². The zero-order chi connectivity index (χ0) is 11.1. The van der Waals surface area contributed by atoms with Crippen molar-refractivity contribution < 1.29 is 0 Å². The summed E-state index contributed by atoms with van der Waals surface area (Å²) < 4.78 is 0. The number of rotatable bonds is 6. The molecule has 1 aromatic heterocycles. The van der Waals surface area contributed by atoms with Crippen molar-refractivity contribution in [1.29, 1.82) is 0 Å². The smallest absolute Gasteiger partial charge is 0.129 e. The van der Waals surface area contributed by atoms with Crippen LogP contribution < -0.4 is 5.32 Å². The average Bonchev–Trinajstić information content (AvgIpc) is 2.29. The fraction of sp³-hybridized carbons (Fsp3) is 0.636. The van der Waals surface area contributed by atoms with Crippen molar-refractivity contribution in [2.45, 2.75) is 31.9 Å². The van der Waals surface area contributed by atoms with Gasteiger partial charge in [-0.25, -0.2) is 9.97 Å². The van der Waals surface area contributed by atoms with Gasteiger partial charge in [-0.2, -0.15) is 11.8 Å². The van der Waals surface area contributed by atoms with Crippen molar-refractivity contribution in [3.8, 4) is 0 Å². The van der Waals surface area contributed by atoms with Crippen molar-refractivity contribution in [3.63, 3.8) is 0 Å². The van der Waals surface area contributed by atoms with E-state index in [1.165, 1.54) is 0 Å². The maximum atomic E-state index is 4.18. The molecule has 4 heteroatoms. The molecule has 0 fully saturated rings. The number of aromatic nitrogens is 2. The Morgan fingerprint density at radius 1 is 1.47 bits per heavy atom. The number of nitrogens with one attached hydrogen (secondary N) is 1.